The number of hydrogen-bond acceptors (Lipinski definition) is 4. The van der Waals surface area contributed by atoms with Gasteiger partial charge in [0.05, 0.1) is 0 Å². The van der Waals surface area contributed by atoms with E-state index in [-0.39, 0.29) is 23.7 Å². The monoisotopic (exact) mass is 228 g/mol. The molecule has 0 heterocycles. The molecule has 0 saturated heterocycles. The minimum atomic E-state index is 0.206. The number of carbonyl (C=O) groups excluding carboxylic acids is 2. The Bertz CT molecular complexity index is 205. The van der Waals surface area contributed by atoms with Gasteiger partial charge in [0.25, 0.3) is 0 Å². The van der Waals surface area contributed by atoms with E-state index in [9.17, 15) is 9.59 Å². The molecule has 2 N–H and O–H groups in total. The third-order valence-corrected chi connectivity index (χ3v) is 2.30. The summed E-state index contributed by atoms with van der Waals surface area (Å²) in [4.78, 5) is 21.6. The summed E-state index contributed by atoms with van der Waals surface area (Å²) in [5, 5.41) is 6.51. The molecule has 0 saturated carbocycles. The first kappa shape index (κ1) is 15.3. The van der Waals surface area contributed by atoms with Crippen LogP contribution in [0, 0.1) is 0 Å². The Morgan fingerprint density at radius 1 is 0.875 bits per heavy atom. The van der Waals surface area contributed by atoms with Gasteiger partial charge in [0.1, 0.15) is 11.6 Å². The third-order valence-electron chi connectivity index (χ3n) is 2.30. The van der Waals surface area contributed by atoms with Crippen LogP contribution < -0.4 is 10.6 Å². The molecule has 2 atom stereocenters. The molecular weight excluding hydrogens is 204 g/mol. The molecule has 0 amide bonds. The van der Waals surface area contributed by atoms with Crippen LogP contribution in [-0.2, 0) is 9.59 Å². The molecule has 0 spiro atoms. The highest BCUT2D eigenvalue weighted by atomic mass is 16.1. The molecule has 0 aromatic heterocycles. The summed E-state index contributed by atoms with van der Waals surface area (Å²) in [6, 6.07) is 0.449. The van der Waals surface area contributed by atoms with Crippen LogP contribution >= 0.6 is 0 Å². The summed E-state index contributed by atoms with van der Waals surface area (Å²) in [6.07, 6.45) is 1.14. The zero-order valence-electron chi connectivity index (χ0n) is 10.8. The van der Waals surface area contributed by atoms with Gasteiger partial charge in [-0.1, -0.05) is 0 Å². The van der Waals surface area contributed by atoms with E-state index in [1.54, 1.807) is 13.8 Å². The van der Waals surface area contributed by atoms with Crippen molar-refractivity contribution in [3.05, 3.63) is 0 Å². The van der Waals surface area contributed by atoms with Crippen molar-refractivity contribution < 1.29 is 9.59 Å². The number of carbonyl (C=O) groups is 2. The van der Waals surface area contributed by atoms with Gasteiger partial charge in [0.2, 0.25) is 0 Å². The zero-order chi connectivity index (χ0) is 12.6. The Morgan fingerprint density at radius 2 is 1.19 bits per heavy atom. The SMILES string of the molecule is CC(=O)CC(C)NCCNC(C)CC(C)=O. The standard InChI is InChI=1S/C12H24N2O2/c1-9(7-11(3)15)13-5-6-14-10(2)8-12(4)16/h9-10,13-14H,5-8H2,1-4H3. The van der Waals surface area contributed by atoms with Gasteiger partial charge in [-0.05, 0) is 27.7 Å². The largest absolute Gasteiger partial charge is 0.313 e. The molecule has 0 aliphatic rings. The Hall–Kier alpha value is -0.740. The van der Waals surface area contributed by atoms with Crippen LogP contribution in [0.1, 0.15) is 40.5 Å². The van der Waals surface area contributed by atoms with Gasteiger partial charge in [-0.2, -0.15) is 0 Å². The second-order valence-electron chi connectivity index (χ2n) is 4.52. The van der Waals surface area contributed by atoms with Gasteiger partial charge < -0.3 is 10.6 Å². The third kappa shape index (κ3) is 9.80. The van der Waals surface area contributed by atoms with Gasteiger partial charge in [-0.25, -0.2) is 0 Å². The molecule has 0 rings (SSSR count). The lowest BCUT2D eigenvalue weighted by atomic mass is 10.2. The number of Topliss-reactive ketones (excluding diaryl/α,β-unsaturated/α-hetero) is 2. The van der Waals surface area contributed by atoms with Crippen LogP contribution in [0.15, 0.2) is 0 Å². The van der Waals surface area contributed by atoms with Crippen molar-refractivity contribution in [1.82, 2.24) is 10.6 Å². The van der Waals surface area contributed by atoms with Crippen LogP contribution in [0.5, 0.6) is 0 Å². The summed E-state index contributed by atoms with van der Waals surface area (Å²) in [7, 11) is 0. The fourth-order valence-electron chi connectivity index (χ4n) is 1.64. The molecule has 0 fully saturated rings. The predicted molar refractivity (Wildman–Crippen MR) is 65.5 cm³/mol. The molecular formula is C12H24N2O2. The maximum absolute atomic E-state index is 10.8. The van der Waals surface area contributed by atoms with E-state index in [4.69, 9.17) is 0 Å². The zero-order valence-corrected chi connectivity index (χ0v) is 10.8. The smallest absolute Gasteiger partial charge is 0.131 e. The predicted octanol–water partition coefficient (Wildman–Crippen LogP) is 0.901. The summed E-state index contributed by atoms with van der Waals surface area (Å²) >= 11 is 0. The topological polar surface area (TPSA) is 58.2 Å². The van der Waals surface area contributed by atoms with Crippen molar-refractivity contribution in [3.8, 4) is 0 Å². The van der Waals surface area contributed by atoms with E-state index in [0.29, 0.717) is 12.8 Å². The van der Waals surface area contributed by atoms with Crippen molar-refractivity contribution in [2.45, 2.75) is 52.6 Å². The first-order valence-corrected chi connectivity index (χ1v) is 5.87. The molecule has 16 heavy (non-hydrogen) atoms. The first-order valence-electron chi connectivity index (χ1n) is 5.87. The van der Waals surface area contributed by atoms with Gasteiger partial charge in [-0.3, -0.25) is 9.59 Å². The number of hydrogen-bond donors (Lipinski definition) is 2. The minimum absolute atomic E-state index is 0.206. The van der Waals surface area contributed by atoms with Crippen LogP contribution in [0.4, 0.5) is 0 Å². The highest BCUT2D eigenvalue weighted by Crippen LogP contribution is 1.92. The fourth-order valence-corrected chi connectivity index (χ4v) is 1.64. The highest BCUT2D eigenvalue weighted by Gasteiger charge is 2.05. The summed E-state index contributed by atoms with van der Waals surface area (Å²) in [5.74, 6) is 0.413. The molecule has 4 nitrogen and oxygen atoms in total. The minimum Gasteiger partial charge on any atom is -0.313 e. The van der Waals surface area contributed by atoms with Gasteiger partial charge >= 0.3 is 0 Å². The quantitative estimate of drug-likeness (QED) is 0.576. The Labute approximate surface area is 98.2 Å². The maximum Gasteiger partial charge on any atom is 0.131 e. The van der Waals surface area contributed by atoms with Gasteiger partial charge in [-0.15, -0.1) is 0 Å². The Morgan fingerprint density at radius 3 is 1.44 bits per heavy atom. The molecule has 0 aromatic rings. The van der Waals surface area contributed by atoms with Crippen LogP contribution in [0.3, 0.4) is 0 Å². The number of nitrogens with one attached hydrogen (secondary N) is 2. The molecule has 94 valence electrons. The molecule has 0 bridgehead atoms. The lowest BCUT2D eigenvalue weighted by Gasteiger charge is -2.15. The second-order valence-corrected chi connectivity index (χ2v) is 4.52. The van der Waals surface area contributed by atoms with Crippen LogP contribution in [0.25, 0.3) is 0 Å². The number of ketones is 2. The maximum atomic E-state index is 10.8. The molecule has 0 aliphatic heterocycles. The lowest BCUT2D eigenvalue weighted by Crippen LogP contribution is -2.37. The van der Waals surface area contributed by atoms with Crippen LogP contribution in [0.2, 0.25) is 0 Å². The van der Waals surface area contributed by atoms with Crippen LogP contribution in [-0.4, -0.2) is 36.7 Å². The average Bonchev–Trinajstić information content (AvgIpc) is 2.10. The van der Waals surface area contributed by atoms with E-state index in [2.05, 4.69) is 10.6 Å². The summed E-state index contributed by atoms with van der Waals surface area (Å²) in [5.41, 5.74) is 0. The molecule has 0 aromatic carbocycles. The van der Waals surface area contributed by atoms with Crippen molar-refractivity contribution in [2.24, 2.45) is 0 Å². The Balaban J connectivity index is 3.45. The van der Waals surface area contributed by atoms with Crippen molar-refractivity contribution in [2.75, 3.05) is 13.1 Å². The van der Waals surface area contributed by atoms with E-state index in [1.807, 2.05) is 13.8 Å². The normalized spacial score (nSPS) is 14.5. The van der Waals surface area contributed by atoms with Crippen molar-refractivity contribution in [1.29, 1.82) is 0 Å². The van der Waals surface area contributed by atoms with E-state index in [1.165, 1.54) is 0 Å². The second kappa shape index (κ2) is 8.42. The molecule has 4 heteroatoms. The number of rotatable bonds is 9. The lowest BCUT2D eigenvalue weighted by molar-refractivity contribution is -0.118. The van der Waals surface area contributed by atoms with E-state index >= 15 is 0 Å². The molecule has 0 radical (unpaired) electrons. The Kier molecular flexibility index (Phi) is 8.03. The molecule has 2 unspecified atom stereocenters. The van der Waals surface area contributed by atoms with Gasteiger partial charge in [0.15, 0.2) is 0 Å². The van der Waals surface area contributed by atoms with Gasteiger partial charge in [0, 0.05) is 38.0 Å². The fraction of sp³-hybridized carbons (Fsp3) is 0.833. The van der Waals surface area contributed by atoms with E-state index in [0.717, 1.165) is 13.1 Å². The highest BCUT2D eigenvalue weighted by molar-refractivity contribution is 5.76. The average molecular weight is 228 g/mol. The summed E-state index contributed by atoms with van der Waals surface area (Å²) < 4.78 is 0. The first-order chi connectivity index (χ1) is 7.41. The van der Waals surface area contributed by atoms with Crippen molar-refractivity contribution in [3.63, 3.8) is 0 Å². The van der Waals surface area contributed by atoms with Crippen molar-refractivity contribution >= 4 is 11.6 Å². The summed E-state index contributed by atoms with van der Waals surface area (Å²) in [6.45, 7) is 8.84. The molecule has 0 aliphatic carbocycles. The van der Waals surface area contributed by atoms with E-state index < -0.39 is 0 Å².